The molecule has 0 saturated heterocycles. The first-order chi connectivity index (χ1) is 8.70. The van der Waals surface area contributed by atoms with Gasteiger partial charge in [-0.1, -0.05) is 19.0 Å². The second-order valence-electron chi connectivity index (χ2n) is 4.54. The first-order valence-corrected chi connectivity index (χ1v) is 5.99. The number of hydrogen-bond acceptors (Lipinski definition) is 6. The number of aromatic nitrogens is 4. The fourth-order valence-corrected chi connectivity index (χ4v) is 1.72. The summed E-state index contributed by atoms with van der Waals surface area (Å²) in [6.07, 6.45) is 2.55. The molecule has 0 radical (unpaired) electrons. The SMILES string of the molecule is CN[C@@H](CC(C)C)c1nc(-c2cccnn2)no1. The zero-order valence-electron chi connectivity index (χ0n) is 10.8. The molecule has 0 saturated carbocycles. The minimum atomic E-state index is 0.0721. The molecule has 6 nitrogen and oxygen atoms in total. The van der Waals surface area contributed by atoms with Gasteiger partial charge in [0.25, 0.3) is 0 Å². The molecule has 2 aromatic heterocycles. The Labute approximate surface area is 106 Å². The van der Waals surface area contributed by atoms with Crippen LogP contribution in [0, 0.1) is 5.92 Å². The van der Waals surface area contributed by atoms with Crippen LogP contribution in [0.5, 0.6) is 0 Å². The molecule has 0 fully saturated rings. The van der Waals surface area contributed by atoms with Gasteiger partial charge in [0.1, 0.15) is 5.69 Å². The molecule has 18 heavy (non-hydrogen) atoms. The van der Waals surface area contributed by atoms with E-state index in [0.717, 1.165) is 6.42 Å². The summed E-state index contributed by atoms with van der Waals surface area (Å²) < 4.78 is 5.28. The molecule has 0 aliphatic heterocycles. The molecule has 0 unspecified atom stereocenters. The molecule has 0 bridgehead atoms. The lowest BCUT2D eigenvalue weighted by atomic mass is 10.0. The van der Waals surface area contributed by atoms with E-state index in [9.17, 15) is 0 Å². The number of hydrogen-bond donors (Lipinski definition) is 1. The van der Waals surface area contributed by atoms with E-state index in [1.54, 1.807) is 18.3 Å². The molecular weight excluding hydrogens is 230 g/mol. The maximum Gasteiger partial charge on any atom is 0.244 e. The first kappa shape index (κ1) is 12.6. The average molecular weight is 247 g/mol. The lowest BCUT2D eigenvalue weighted by Crippen LogP contribution is -2.18. The van der Waals surface area contributed by atoms with Crippen LogP contribution in [0.4, 0.5) is 0 Å². The Bertz CT molecular complexity index is 482. The Morgan fingerprint density at radius 3 is 2.83 bits per heavy atom. The number of nitrogens with zero attached hydrogens (tertiary/aromatic N) is 4. The van der Waals surface area contributed by atoms with Crippen LogP contribution >= 0.6 is 0 Å². The van der Waals surface area contributed by atoms with Crippen molar-refractivity contribution in [1.82, 2.24) is 25.7 Å². The van der Waals surface area contributed by atoms with E-state index in [-0.39, 0.29) is 6.04 Å². The van der Waals surface area contributed by atoms with Gasteiger partial charge in [-0.25, -0.2) is 0 Å². The van der Waals surface area contributed by atoms with Gasteiger partial charge in [-0.15, -0.1) is 5.10 Å². The van der Waals surface area contributed by atoms with Gasteiger partial charge in [0.15, 0.2) is 0 Å². The summed E-state index contributed by atoms with van der Waals surface area (Å²) in [4.78, 5) is 4.36. The third-order valence-corrected chi connectivity index (χ3v) is 2.60. The van der Waals surface area contributed by atoms with Crippen LogP contribution in [-0.2, 0) is 0 Å². The van der Waals surface area contributed by atoms with Crippen molar-refractivity contribution in [3.63, 3.8) is 0 Å². The summed E-state index contributed by atoms with van der Waals surface area (Å²) in [5, 5.41) is 14.9. The van der Waals surface area contributed by atoms with Gasteiger partial charge in [0, 0.05) is 6.20 Å². The third-order valence-electron chi connectivity index (χ3n) is 2.60. The lowest BCUT2D eigenvalue weighted by Gasteiger charge is -2.13. The fraction of sp³-hybridized carbons (Fsp3) is 0.500. The molecule has 0 spiro atoms. The lowest BCUT2D eigenvalue weighted by molar-refractivity contribution is 0.314. The average Bonchev–Trinajstić information content (AvgIpc) is 2.86. The minimum Gasteiger partial charge on any atom is -0.337 e. The van der Waals surface area contributed by atoms with E-state index in [4.69, 9.17) is 4.52 Å². The molecule has 96 valence electrons. The summed E-state index contributed by atoms with van der Waals surface area (Å²) in [6, 6.07) is 3.67. The van der Waals surface area contributed by atoms with E-state index in [2.05, 4.69) is 39.5 Å². The zero-order chi connectivity index (χ0) is 13.0. The summed E-state index contributed by atoms with van der Waals surface area (Å²) in [5.41, 5.74) is 0.618. The molecule has 0 aromatic carbocycles. The second-order valence-corrected chi connectivity index (χ2v) is 4.54. The topological polar surface area (TPSA) is 76.7 Å². The van der Waals surface area contributed by atoms with Crippen LogP contribution in [-0.4, -0.2) is 27.4 Å². The minimum absolute atomic E-state index is 0.0721. The Balaban J connectivity index is 2.19. The van der Waals surface area contributed by atoms with Gasteiger partial charge in [-0.3, -0.25) is 0 Å². The van der Waals surface area contributed by atoms with Gasteiger partial charge in [0.05, 0.1) is 6.04 Å². The van der Waals surface area contributed by atoms with Gasteiger partial charge in [0.2, 0.25) is 11.7 Å². The van der Waals surface area contributed by atoms with E-state index < -0.39 is 0 Å². The predicted octanol–water partition coefficient (Wildman–Crippen LogP) is 1.83. The molecule has 2 heterocycles. The molecule has 1 atom stereocenters. The summed E-state index contributed by atoms with van der Waals surface area (Å²) in [5.74, 6) is 1.61. The third kappa shape index (κ3) is 2.89. The molecule has 0 amide bonds. The van der Waals surface area contributed by atoms with Gasteiger partial charge >= 0.3 is 0 Å². The van der Waals surface area contributed by atoms with Crippen LogP contribution in [0.2, 0.25) is 0 Å². The maximum absolute atomic E-state index is 5.28. The Morgan fingerprint density at radius 2 is 2.22 bits per heavy atom. The van der Waals surface area contributed by atoms with Gasteiger partial charge in [-0.05, 0) is 31.5 Å². The standard InChI is InChI=1S/C12H17N5O/c1-8(2)7-10(13-3)12-15-11(17-18-12)9-5-4-6-14-16-9/h4-6,8,10,13H,7H2,1-3H3/t10-/m0/s1. The molecule has 0 aliphatic carbocycles. The first-order valence-electron chi connectivity index (χ1n) is 5.99. The van der Waals surface area contributed by atoms with Crippen LogP contribution in [0.3, 0.4) is 0 Å². The van der Waals surface area contributed by atoms with Crippen molar-refractivity contribution in [2.75, 3.05) is 7.05 Å². The summed E-state index contributed by atoms with van der Waals surface area (Å²) in [7, 11) is 1.89. The highest BCUT2D eigenvalue weighted by atomic mass is 16.5. The largest absolute Gasteiger partial charge is 0.337 e. The monoisotopic (exact) mass is 247 g/mol. The molecule has 2 rings (SSSR count). The predicted molar refractivity (Wildman–Crippen MR) is 66.6 cm³/mol. The Hall–Kier alpha value is -1.82. The van der Waals surface area contributed by atoms with Crippen LogP contribution in [0.15, 0.2) is 22.9 Å². The maximum atomic E-state index is 5.28. The van der Waals surface area contributed by atoms with Crippen molar-refractivity contribution >= 4 is 0 Å². The van der Waals surface area contributed by atoms with Crippen LogP contribution < -0.4 is 5.32 Å². The van der Waals surface area contributed by atoms with Crippen molar-refractivity contribution in [3.05, 3.63) is 24.2 Å². The second kappa shape index (κ2) is 5.68. The van der Waals surface area contributed by atoms with E-state index in [0.29, 0.717) is 23.3 Å². The fourth-order valence-electron chi connectivity index (χ4n) is 1.72. The van der Waals surface area contributed by atoms with Gasteiger partial charge < -0.3 is 9.84 Å². The highest BCUT2D eigenvalue weighted by molar-refractivity contribution is 5.46. The van der Waals surface area contributed by atoms with E-state index in [1.165, 1.54) is 0 Å². The Morgan fingerprint density at radius 1 is 1.39 bits per heavy atom. The Kier molecular flexibility index (Phi) is 3.99. The highest BCUT2D eigenvalue weighted by Gasteiger charge is 2.19. The van der Waals surface area contributed by atoms with Gasteiger partial charge in [-0.2, -0.15) is 10.1 Å². The highest BCUT2D eigenvalue weighted by Crippen LogP contribution is 2.21. The molecule has 2 aromatic rings. The van der Waals surface area contributed by atoms with Crippen LogP contribution in [0.25, 0.3) is 11.5 Å². The number of rotatable bonds is 5. The van der Waals surface area contributed by atoms with Crippen molar-refractivity contribution in [2.24, 2.45) is 5.92 Å². The van der Waals surface area contributed by atoms with E-state index in [1.807, 2.05) is 7.05 Å². The van der Waals surface area contributed by atoms with E-state index >= 15 is 0 Å². The zero-order valence-corrected chi connectivity index (χ0v) is 10.8. The van der Waals surface area contributed by atoms with Crippen LogP contribution in [0.1, 0.15) is 32.2 Å². The molecule has 1 N–H and O–H groups in total. The molecular formula is C12H17N5O. The summed E-state index contributed by atoms with van der Waals surface area (Å²) >= 11 is 0. The summed E-state index contributed by atoms with van der Waals surface area (Å²) in [6.45, 7) is 4.31. The molecule has 0 aliphatic rings. The number of nitrogens with one attached hydrogen (secondary N) is 1. The normalized spacial score (nSPS) is 12.9. The van der Waals surface area contributed by atoms with Crippen molar-refractivity contribution < 1.29 is 4.52 Å². The van der Waals surface area contributed by atoms with Crippen molar-refractivity contribution in [2.45, 2.75) is 26.3 Å². The quantitative estimate of drug-likeness (QED) is 0.868. The molecule has 6 heteroatoms. The van der Waals surface area contributed by atoms with Crippen molar-refractivity contribution in [3.8, 4) is 11.5 Å². The smallest absolute Gasteiger partial charge is 0.244 e. The van der Waals surface area contributed by atoms with Crippen molar-refractivity contribution in [1.29, 1.82) is 0 Å².